The highest BCUT2D eigenvalue weighted by Crippen LogP contribution is 2.19. The first-order valence-electron chi connectivity index (χ1n) is 7.29. The lowest BCUT2D eigenvalue weighted by Gasteiger charge is -2.24. The van der Waals surface area contributed by atoms with Crippen molar-refractivity contribution in [1.82, 2.24) is 24.4 Å². The van der Waals surface area contributed by atoms with Crippen LogP contribution in [0.4, 0.5) is 13.2 Å². The van der Waals surface area contributed by atoms with Gasteiger partial charge in [0, 0.05) is 44.3 Å². The molecule has 1 aliphatic heterocycles. The molecule has 0 fully saturated rings. The maximum absolute atomic E-state index is 12.4. The minimum Gasteiger partial charge on any atom is -0.335 e. The van der Waals surface area contributed by atoms with E-state index in [1.165, 1.54) is 12.4 Å². The number of hydrogen-bond acceptors (Lipinski definition) is 3. The summed E-state index contributed by atoms with van der Waals surface area (Å²) in [5.41, 5.74) is 0. The van der Waals surface area contributed by atoms with Gasteiger partial charge < -0.3 is 14.5 Å². The first-order valence-corrected chi connectivity index (χ1v) is 7.29. The van der Waals surface area contributed by atoms with Crippen molar-refractivity contribution in [2.45, 2.75) is 38.7 Å². The van der Waals surface area contributed by atoms with Crippen LogP contribution in [-0.2, 0) is 26.1 Å². The number of aromatic nitrogens is 4. The van der Waals surface area contributed by atoms with Gasteiger partial charge in [0.1, 0.15) is 18.2 Å². The number of imidazole rings is 2. The topological polar surface area (TPSA) is 47.7 Å². The third-order valence-electron chi connectivity index (χ3n) is 3.90. The predicted molar refractivity (Wildman–Crippen MR) is 74.0 cm³/mol. The molecule has 0 aliphatic carbocycles. The summed E-state index contributed by atoms with van der Waals surface area (Å²) < 4.78 is 40.6. The Morgan fingerprint density at radius 3 is 2.86 bits per heavy atom. The van der Waals surface area contributed by atoms with Crippen molar-refractivity contribution in [1.29, 1.82) is 0 Å². The van der Waals surface area contributed by atoms with E-state index in [2.05, 4.69) is 19.9 Å². The maximum Gasteiger partial charge on any atom is 0.406 e. The molecular weight excluding hydrogens is 295 g/mol. The van der Waals surface area contributed by atoms with Gasteiger partial charge in [-0.3, -0.25) is 0 Å². The zero-order chi connectivity index (χ0) is 15.6. The summed E-state index contributed by atoms with van der Waals surface area (Å²) in [6.07, 6.45) is 4.31. The average molecular weight is 313 g/mol. The van der Waals surface area contributed by atoms with Gasteiger partial charge in [-0.1, -0.05) is 0 Å². The number of nitrogens with zero attached hydrogens (tertiary/aromatic N) is 4. The lowest BCUT2D eigenvalue weighted by Crippen LogP contribution is -2.30. The molecule has 2 aromatic rings. The van der Waals surface area contributed by atoms with Crippen LogP contribution >= 0.6 is 0 Å². The average Bonchev–Trinajstić information content (AvgIpc) is 3.06. The summed E-state index contributed by atoms with van der Waals surface area (Å²) >= 11 is 0. The standard InChI is InChI=1S/C14H18F3N5/c15-14(16,17)10-22-6-4-20-13(22)8-18-7-11-1-2-12-19-3-5-21(12)9-11/h3-6,11,18H,1-2,7-10H2. The van der Waals surface area contributed by atoms with Gasteiger partial charge in [-0.25, -0.2) is 9.97 Å². The van der Waals surface area contributed by atoms with E-state index in [9.17, 15) is 13.2 Å². The lowest BCUT2D eigenvalue weighted by molar-refractivity contribution is -0.141. The predicted octanol–water partition coefficient (Wildman–Crippen LogP) is 1.99. The van der Waals surface area contributed by atoms with Crippen molar-refractivity contribution >= 4 is 0 Å². The SMILES string of the molecule is FC(F)(F)Cn1ccnc1CNCC1CCc2nccn2C1. The minimum atomic E-state index is -4.23. The molecule has 22 heavy (non-hydrogen) atoms. The molecule has 0 radical (unpaired) electrons. The first-order chi connectivity index (χ1) is 10.5. The molecule has 2 aromatic heterocycles. The van der Waals surface area contributed by atoms with Crippen LogP contribution in [0.3, 0.4) is 0 Å². The van der Waals surface area contributed by atoms with E-state index in [-0.39, 0.29) is 0 Å². The van der Waals surface area contributed by atoms with Gasteiger partial charge in [0.05, 0.1) is 6.54 Å². The van der Waals surface area contributed by atoms with E-state index in [1.54, 1.807) is 6.20 Å². The van der Waals surface area contributed by atoms with Crippen LogP contribution in [0.5, 0.6) is 0 Å². The van der Waals surface area contributed by atoms with E-state index in [0.29, 0.717) is 18.3 Å². The maximum atomic E-state index is 12.4. The smallest absolute Gasteiger partial charge is 0.335 e. The highest BCUT2D eigenvalue weighted by atomic mass is 19.4. The summed E-state index contributed by atoms with van der Waals surface area (Å²) in [5.74, 6) is 1.99. The number of halogens is 3. The summed E-state index contributed by atoms with van der Waals surface area (Å²) in [5, 5.41) is 3.22. The third kappa shape index (κ3) is 3.68. The number of alkyl halides is 3. The third-order valence-corrected chi connectivity index (χ3v) is 3.90. The second-order valence-corrected chi connectivity index (χ2v) is 5.62. The van der Waals surface area contributed by atoms with E-state index < -0.39 is 12.7 Å². The molecule has 1 atom stereocenters. The van der Waals surface area contributed by atoms with E-state index in [4.69, 9.17) is 0 Å². The number of rotatable bonds is 5. The van der Waals surface area contributed by atoms with E-state index in [1.807, 2.05) is 6.20 Å². The fourth-order valence-corrected chi connectivity index (χ4v) is 2.84. The van der Waals surface area contributed by atoms with Crippen molar-refractivity contribution in [3.05, 3.63) is 36.4 Å². The van der Waals surface area contributed by atoms with Crippen LogP contribution in [0, 0.1) is 5.92 Å². The molecule has 5 nitrogen and oxygen atoms in total. The number of fused-ring (bicyclic) bond motifs is 1. The monoisotopic (exact) mass is 313 g/mol. The van der Waals surface area contributed by atoms with Gasteiger partial charge in [-0.05, 0) is 12.3 Å². The fraction of sp³-hybridized carbons (Fsp3) is 0.571. The van der Waals surface area contributed by atoms with Gasteiger partial charge in [0.2, 0.25) is 0 Å². The van der Waals surface area contributed by atoms with E-state index in [0.717, 1.165) is 36.3 Å². The van der Waals surface area contributed by atoms with E-state index >= 15 is 0 Å². The van der Waals surface area contributed by atoms with Gasteiger partial charge >= 0.3 is 6.18 Å². The Bertz CT molecular complexity index is 616. The Labute approximate surface area is 126 Å². The summed E-state index contributed by atoms with van der Waals surface area (Å²) in [6.45, 7) is 1.01. The Morgan fingerprint density at radius 2 is 2.05 bits per heavy atom. The molecule has 0 saturated heterocycles. The zero-order valence-electron chi connectivity index (χ0n) is 12.1. The van der Waals surface area contributed by atoms with Crippen molar-refractivity contribution < 1.29 is 13.2 Å². The van der Waals surface area contributed by atoms with Crippen LogP contribution in [0.25, 0.3) is 0 Å². The fourth-order valence-electron chi connectivity index (χ4n) is 2.84. The van der Waals surface area contributed by atoms with Crippen molar-refractivity contribution in [2.75, 3.05) is 6.54 Å². The van der Waals surface area contributed by atoms with Gasteiger partial charge in [-0.15, -0.1) is 0 Å². The largest absolute Gasteiger partial charge is 0.406 e. The highest BCUT2D eigenvalue weighted by Gasteiger charge is 2.28. The molecule has 8 heteroatoms. The number of hydrogen-bond donors (Lipinski definition) is 1. The second kappa shape index (κ2) is 6.12. The molecule has 1 unspecified atom stereocenters. The summed E-state index contributed by atoms with van der Waals surface area (Å²) in [7, 11) is 0. The molecule has 3 rings (SSSR count). The molecule has 3 heterocycles. The van der Waals surface area contributed by atoms with Gasteiger partial charge in [0.25, 0.3) is 0 Å². The van der Waals surface area contributed by atoms with Gasteiger partial charge in [0.15, 0.2) is 0 Å². The zero-order valence-corrected chi connectivity index (χ0v) is 12.1. The van der Waals surface area contributed by atoms with Crippen LogP contribution in [0.1, 0.15) is 18.1 Å². The molecule has 0 amide bonds. The molecule has 1 N–H and O–H groups in total. The van der Waals surface area contributed by atoms with Crippen LogP contribution in [0.2, 0.25) is 0 Å². The number of aryl methyl sites for hydroxylation is 1. The molecule has 0 aromatic carbocycles. The molecule has 1 aliphatic rings. The summed E-state index contributed by atoms with van der Waals surface area (Å²) in [4.78, 5) is 8.28. The van der Waals surface area contributed by atoms with Crippen LogP contribution < -0.4 is 5.32 Å². The Kier molecular flexibility index (Phi) is 4.19. The number of nitrogens with one attached hydrogen (secondary N) is 1. The molecule has 0 saturated carbocycles. The Morgan fingerprint density at radius 1 is 1.23 bits per heavy atom. The van der Waals surface area contributed by atoms with Crippen LogP contribution in [0.15, 0.2) is 24.8 Å². The lowest BCUT2D eigenvalue weighted by atomic mass is 9.99. The van der Waals surface area contributed by atoms with Gasteiger partial charge in [-0.2, -0.15) is 13.2 Å². The van der Waals surface area contributed by atoms with Crippen molar-refractivity contribution in [2.24, 2.45) is 5.92 Å². The molecular formula is C14H18F3N5. The molecule has 0 bridgehead atoms. The van der Waals surface area contributed by atoms with Crippen molar-refractivity contribution in [3.8, 4) is 0 Å². The Balaban J connectivity index is 1.49. The highest BCUT2D eigenvalue weighted by molar-refractivity contribution is 4.97. The first kappa shape index (κ1) is 15.1. The summed E-state index contributed by atoms with van der Waals surface area (Å²) in [6, 6.07) is 0. The Hall–Kier alpha value is -1.83. The van der Waals surface area contributed by atoms with Crippen molar-refractivity contribution in [3.63, 3.8) is 0 Å². The normalized spacial score (nSPS) is 18.4. The minimum absolute atomic E-state index is 0.344. The molecule has 0 spiro atoms. The van der Waals surface area contributed by atoms with Crippen LogP contribution in [-0.4, -0.2) is 31.8 Å². The second-order valence-electron chi connectivity index (χ2n) is 5.62. The quantitative estimate of drug-likeness (QED) is 0.918. The molecule has 120 valence electrons.